The number of esters is 1. The minimum absolute atomic E-state index is 0.0699. The second-order valence-electron chi connectivity index (χ2n) is 8.15. The zero-order valence-electron chi connectivity index (χ0n) is 18.3. The van der Waals surface area contributed by atoms with Crippen molar-refractivity contribution in [3.05, 3.63) is 35.9 Å². The third-order valence-corrected chi connectivity index (χ3v) is 4.25. The number of rotatable bonds is 8. The van der Waals surface area contributed by atoms with E-state index >= 15 is 0 Å². The van der Waals surface area contributed by atoms with Gasteiger partial charge in [0, 0.05) is 7.05 Å². The van der Waals surface area contributed by atoms with Gasteiger partial charge in [-0.05, 0) is 40.2 Å². The number of carbonyl (C=O) groups excluding carboxylic acids is 3. The zero-order chi connectivity index (χ0) is 22.2. The maximum atomic E-state index is 12.8. The summed E-state index contributed by atoms with van der Waals surface area (Å²) in [4.78, 5) is 38.4. The van der Waals surface area contributed by atoms with Crippen molar-refractivity contribution < 1.29 is 28.6 Å². The Balaban J connectivity index is 2.76. The Labute approximate surface area is 172 Å². The van der Waals surface area contributed by atoms with Gasteiger partial charge in [-0.15, -0.1) is 0 Å². The Kier molecular flexibility index (Phi) is 8.63. The van der Waals surface area contributed by atoms with E-state index in [1.807, 2.05) is 30.3 Å². The Morgan fingerprint density at radius 1 is 1.07 bits per heavy atom. The molecule has 1 atom stereocenters. The highest BCUT2D eigenvalue weighted by atomic mass is 16.6. The van der Waals surface area contributed by atoms with Crippen LogP contribution in [0.5, 0.6) is 0 Å². The van der Waals surface area contributed by atoms with E-state index < -0.39 is 35.2 Å². The van der Waals surface area contributed by atoms with Gasteiger partial charge in [-0.2, -0.15) is 0 Å². The lowest BCUT2D eigenvalue weighted by molar-refractivity contribution is -0.148. The molecule has 0 aromatic heterocycles. The van der Waals surface area contributed by atoms with Crippen molar-refractivity contribution in [2.75, 3.05) is 20.8 Å². The highest BCUT2D eigenvalue weighted by molar-refractivity contribution is 5.92. The molecule has 0 bridgehead atoms. The van der Waals surface area contributed by atoms with E-state index in [1.54, 1.807) is 34.6 Å². The number of hydrogen-bond acceptors (Lipinski definition) is 6. The summed E-state index contributed by atoms with van der Waals surface area (Å²) in [5, 5.41) is 2.60. The fourth-order valence-corrected chi connectivity index (χ4v) is 2.23. The molecule has 0 radical (unpaired) electrons. The van der Waals surface area contributed by atoms with Gasteiger partial charge in [0.15, 0.2) is 6.04 Å². The maximum absolute atomic E-state index is 12.8. The second kappa shape index (κ2) is 10.2. The minimum Gasteiger partial charge on any atom is -0.467 e. The van der Waals surface area contributed by atoms with Crippen LogP contribution in [0.2, 0.25) is 0 Å². The molecular weight excluding hydrogens is 376 g/mol. The minimum atomic E-state index is -1.27. The molecule has 0 aliphatic rings. The van der Waals surface area contributed by atoms with Crippen LogP contribution in [0.1, 0.15) is 40.2 Å². The van der Waals surface area contributed by atoms with Gasteiger partial charge in [0.2, 0.25) is 5.91 Å². The number of likely N-dealkylation sites (N-methyl/N-ethyl adjacent to an activating group) is 1. The Bertz CT molecular complexity index is 697. The van der Waals surface area contributed by atoms with E-state index in [2.05, 4.69) is 5.32 Å². The summed E-state index contributed by atoms with van der Waals surface area (Å²) in [6.45, 7) is 8.55. The summed E-state index contributed by atoms with van der Waals surface area (Å²) in [7, 11) is 2.70. The number of carbonyl (C=O) groups is 3. The van der Waals surface area contributed by atoms with Crippen LogP contribution in [-0.2, 0) is 30.4 Å². The predicted octanol–water partition coefficient (Wildman–Crippen LogP) is 2.51. The van der Waals surface area contributed by atoms with Crippen LogP contribution in [0.15, 0.2) is 30.3 Å². The van der Waals surface area contributed by atoms with Crippen molar-refractivity contribution in [1.82, 2.24) is 10.2 Å². The molecule has 1 N–H and O–H groups in total. The molecule has 0 heterocycles. The number of benzene rings is 1. The first-order valence-electron chi connectivity index (χ1n) is 9.35. The van der Waals surface area contributed by atoms with Crippen LogP contribution in [-0.4, -0.2) is 60.8 Å². The monoisotopic (exact) mass is 408 g/mol. The van der Waals surface area contributed by atoms with Crippen molar-refractivity contribution in [1.29, 1.82) is 0 Å². The van der Waals surface area contributed by atoms with Gasteiger partial charge in [-0.25, -0.2) is 9.59 Å². The van der Waals surface area contributed by atoms with Gasteiger partial charge in [-0.3, -0.25) is 9.69 Å². The quantitative estimate of drug-likeness (QED) is 0.664. The van der Waals surface area contributed by atoms with Crippen LogP contribution in [0.4, 0.5) is 4.79 Å². The molecule has 0 saturated carbocycles. The van der Waals surface area contributed by atoms with Crippen molar-refractivity contribution in [2.24, 2.45) is 0 Å². The molecular formula is C21H32N2O6. The number of hydrogen-bond donors (Lipinski definition) is 1. The number of ether oxygens (including phenoxy) is 3. The van der Waals surface area contributed by atoms with E-state index in [0.717, 1.165) is 5.56 Å². The van der Waals surface area contributed by atoms with Gasteiger partial charge in [0.25, 0.3) is 0 Å². The number of nitrogens with one attached hydrogen (secondary N) is 1. The molecule has 29 heavy (non-hydrogen) atoms. The predicted molar refractivity (Wildman–Crippen MR) is 108 cm³/mol. The lowest BCUT2D eigenvalue weighted by atomic mass is 10.0. The lowest BCUT2D eigenvalue weighted by Gasteiger charge is -2.36. The SMILES string of the molecule is COC(=O)[C@@H](COCc1ccccc1)NC(=O)C(C)(C)N(C)C(=O)OC(C)(C)C. The Hall–Kier alpha value is -2.61. The van der Waals surface area contributed by atoms with Crippen LogP contribution < -0.4 is 5.32 Å². The molecule has 1 aromatic carbocycles. The van der Waals surface area contributed by atoms with E-state index in [4.69, 9.17) is 14.2 Å². The fourth-order valence-electron chi connectivity index (χ4n) is 2.23. The van der Waals surface area contributed by atoms with Crippen LogP contribution in [0.3, 0.4) is 0 Å². The summed E-state index contributed by atoms with van der Waals surface area (Å²) in [5.74, 6) is -1.17. The molecule has 0 spiro atoms. The molecule has 162 valence electrons. The highest BCUT2D eigenvalue weighted by Crippen LogP contribution is 2.18. The average Bonchev–Trinajstić information content (AvgIpc) is 2.65. The Morgan fingerprint density at radius 2 is 1.66 bits per heavy atom. The molecule has 0 aliphatic carbocycles. The summed E-state index contributed by atoms with van der Waals surface area (Å²) in [6.07, 6.45) is -0.646. The average molecular weight is 408 g/mol. The summed E-state index contributed by atoms with van der Waals surface area (Å²) in [6, 6.07) is 8.43. The first-order valence-corrected chi connectivity index (χ1v) is 9.35. The van der Waals surface area contributed by atoms with Crippen LogP contribution in [0.25, 0.3) is 0 Å². The van der Waals surface area contributed by atoms with E-state index in [9.17, 15) is 14.4 Å². The third-order valence-electron chi connectivity index (χ3n) is 4.25. The maximum Gasteiger partial charge on any atom is 0.410 e. The second-order valence-corrected chi connectivity index (χ2v) is 8.15. The van der Waals surface area contributed by atoms with Crippen LogP contribution in [0, 0.1) is 0 Å². The first kappa shape index (κ1) is 24.4. The molecule has 0 saturated heterocycles. The highest BCUT2D eigenvalue weighted by Gasteiger charge is 2.39. The zero-order valence-corrected chi connectivity index (χ0v) is 18.3. The fraction of sp³-hybridized carbons (Fsp3) is 0.571. The van der Waals surface area contributed by atoms with Crippen molar-refractivity contribution in [3.8, 4) is 0 Å². The summed E-state index contributed by atoms with van der Waals surface area (Å²) >= 11 is 0. The van der Waals surface area contributed by atoms with Gasteiger partial charge in [0.1, 0.15) is 11.1 Å². The number of nitrogens with zero attached hydrogens (tertiary/aromatic N) is 1. The largest absolute Gasteiger partial charge is 0.467 e. The number of methoxy groups -OCH3 is 1. The third kappa shape index (κ3) is 7.73. The van der Waals surface area contributed by atoms with Crippen LogP contribution >= 0.6 is 0 Å². The molecule has 0 fully saturated rings. The molecule has 1 aromatic rings. The van der Waals surface area contributed by atoms with Crippen molar-refractivity contribution in [2.45, 2.75) is 58.4 Å². The first-order chi connectivity index (χ1) is 13.4. The molecule has 8 nitrogen and oxygen atoms in total. The Morgan fingerprint density at radius 3 is 2.17 bits per heavy atom. The topological polar surface area (TPSA) is 94.2 Å². The van der Waals surface area contributed by atoms with Gasteiger partial charge < -0.3 is 19.5 Å². The standard InChI is InChI=1S/C21H32N2O6/c1-20(2,3)29-19(26)23(6)21(4,5)18(25)22-16(17(24)27-7)14-28-13-15-11-9-8-10-12-15/h8-12,16H,13-14H2,1-7H3,(H,22,25)/t16-/m1/s1. The van der Waals surface area contributed by atoms with Gasteiger partial charge in [-0.1, -0.05) is 30.3 Å². The summed E-state index contributed by atoms with van der Waals surface area (Å²) < 4.78 is 15.6. The smallest absolute Gasteiger partial charge is 0.410 e. The van der Waals surface area contributed by atoms with E-state index in [-0.39, 0.29) is 13.2 Å². The molecule has 0 unspecified atom stereocenters. The van der Waals surface area contributed by atoms with Crippen molar-refractivity contribution >= 4 is 18.0 Å². The number of amides is 2. The molecule has 0 aliphatic heterocycles. The normalized spacial score (nSPS) is 12.7. The van der Waals surface area contributed by atoms with E-state index in [0.29, 0.717) is 0 Å². The summed E-state index contributed by atoms with van der Waals surface area (Å²) in [5.41, 5.74) is -1.03. The van der Waals surface area contributed by atoms with Gasteiger partial charge in [0.05, 0.1) is 20.3 Å². The molecule has 2 amide bonds. The lowest BCUT2D eigenvalue weighted by Crippen LogP contribution is -2.59. The van der Waals surface area contributed by atoms with E-state index in [1.165, 1.54) is 19.1 Å². The molecule has 8 heteroatoms. The van der Waals surface area contributed by atoms with Gasteiger partial charge >= 0.3 is 12.1 Å². The van der Waals surface area contributed by atoms with Crippen molar-refractivity contribution in [3.63, 3.8) is 0 Å². The molecule has 1 rings (SSSR count).